The molecule has 0 heterocycles. The lowest BCUT2D eigenvalue weighted by Crippen LogP contribution is -2.12. The Morgan fingerprint density at radius 3 is 2.45 bits per heavy atom. The quantitative estimate of drug-likeness (QED) is 0.733. The maximum absolute atomic E-state index is 13.7. The lowest BCUT2D eigenvalue weighted by atomic mass is 10.2. The molecular formula is C12H11BrFN3O2S. The molecule has 0 unspecified atom stereocenters. The summed E-state index contributed by atoms with van der Waals surface area (Å²) in [6, 6.07) is 8.45. The Balaban J connectivity index is 2.41. The molecule has 0 fully saturated rings. The van der Waals surface area contributed by atoms with Gasteiger partial charge in [0, 0.05) is 4.47 Å². The summed E-state index contributed by atoms with van der Waals surface area (Å²) in [5, 5.41) is 7.81. The van der Waals surface area contributed by atoms with Crippen LogP contribution < -0.4 is 16.2 Å². The lowest BCUT2D eigenvalue weighted by molar-refractivity contribution is 0.598. The van der Waals surface area contributed by atoms with E-state index >= 15 is 0 Å². The first-order chi connectivity index (χ1) is 9.29. The van der Waals surface area contributed by atoms with Crippen molar-refractivity contribution in [2.45, 2.75) is 4.90 Å². The van der Waals surface area contributed by atoms with Gasteiger partial charge in [-0.3, -0.25) is 0 Å². The van der Waals surface area contributed by atoms with Crippen LogP contribution in [0.4, 0.5) is 21.5 Å². The van der Waals surface area contributed by atoms with Gasteiger partial charge >= 0.3 is 0 Å². The number of para-hydroxylation sites is 1. The standard InChI is InChI=1S/C12H11BrFN3O2S/c13-8-2-1-3-9(14)12(8)17-11-5-4-7(6-10(11)15)20(16,18)19/h1-6,17H,15H2,(H2,16,18,19). The van der Waals surface area contributed by atoms with Crippen LogP contribution in [-0.2, 0) is 10.0 Å². The number of rotatable bonds is 3. The zero-order valence-electron chi connectivity index (χ0n) is 10.1. The smallest absolute Gasteiger partial charge is 0.238 e. The van der Waals surface area contributed by atoms with Crippen LogP contribution in [0.3, 0.4) is 0 Å². The van der Waals surface area contributed by atoms with Crippen LogP contribution in [0.2, 0.25) is 0 Å². The second-order valence-corrected chi connectivity index (χ2v) is 6.43. The molecule has 0 bridgehead atoms. The van der Waals surface area contributed by atoms with E-state index in [0.717, 1.165) is 0 Å². The van der Waals surface area contributed by atoms with Crippen LogP contribution in [-0.4, -0.2) is 8.42 Å². The Morgan fingerprint density at radius 1 is 1.20 bits per heavy atom. The normalized spacial score (nSPS) is 11.3. The third-order valence-electron chi connectivity index (χ3n) is 2.57. The molecule has 20 heavy (non-hydrogen) atoms. The first kappa shape index (κ1) is 14.8. The number of hydrogen-bond donors (Lipinski definition) is 3. The third-order valence-corrected chi connectivity index (χ3v) is 4.15. The van der Waals surface area contributed by atoms with Gasteiger partial charge in [-0.15, -0.1) is 0 Å². The van der Waals surface area contributed by atoms with Gasteiger partial charge < -0.3 is 11.1 Å². The fourth-order valence-electron chi connectivity index (χ4n) is 1.58. The molecule has 106 valence electrons. The molecule has 0 spiro atoms. The van der Waals surface area contributed by atoms with Gasteiger partial charge in [0.05, 0.1) is 22.0 Å². The number of benzene rings is 2. The van der Waals surface area contributed by atoms with Crippen LogP contribution in [0.15, 0.2) is 45.8 Å². The van der Waals surface area contributed by atoms with Crippen molar-refractivity contribution in [3.63, 3.8) is 0 Å². The molecule has 5 N–H and O–H groups in total. The minimum Gasteiger partial charge on any atom is -0.397 e. The van der Waals surface area contributed by atoms with Crippen molar-refractivity contribution < 1.29 is 12.8 Å². The van der Waals surface area contributed by atoms with Crippen LogP contribution in [0, 0.1) is 5.82 Å². The van der Waals surface area contributed by atoms with Crippen LogP contribution in [0.5, 0.6) is 0 Å². The van der Waals surface area contributed by atoms with E-state index in [1.54, 1.807) is 12.1 Å². The van der Waals surface area contributed by atoms with E-state index in [-0.39, 0.29) is 16.3 Å². The molecule has 0 amide bonds. The summed E-state index contributed by atoms with van der Waals surface area (Å²) in [5.74, 6) is -0.464. The van der Waals surface area contributed by atoms with Gasteiger partial charge in [0.15, 0.2) is 0 Å². The fourth-order valence-corrected chi connectivity index (χ4v) is 2.57. The Hall–Kier alpha value is -1.64. The van der Waals surface area contributed by atoms with E-state index in [0.29, 0.717) is 10.2 Å². The van der Waals surface area contributed by atoms with Crippen molar-refractivity contribution in [2.75, 3.05) is 11.1 Å². The highest BCUT2D eigenvalue weighted by Crippen LogP contribution is 2.31. The summed E-state index contributed by atoms with van der Waals surface area (Å²) >= 11 is 3.22. The molecule has 0 saturated carbocycles. The molecule has 2 rings (SSSR count). The largest absolute Gasteiger partial charge is 0.397 e. The molecule has 5 nitrogen and oxygen atoms in total. The van der Waals surface area contributed by atoms with Gasteiger partial charge in [-0.05, 0) is 46.3 Å². The number of nitrogens with one attached hydrogen (secondary N) is 1. The van der Waals surface area contributed by atoms with Crippen LogP contribution in [0.25, 0.3) is 0 Å². The lowest BCUT2D eigenvalue weighted by Gasteiger charge is -2.12. The minimum absolute atomic E-state index is 0.104. The van der Waals surface area contributed by atoms with Crippen LogP contribution >= 0.6 is 15.9 Å². The Morgan fingerprint density at radius 2 is 1.90 bits per heavy atom. The molecule has 0 radical (unpaired) electrons. The summed E-state index contributed by atoms with van der Waals surface area (Å²) in [7, 11) is -3.82. The molecule has 2 aromatic carbocycles. The molecule has 0 aliphatic heterocycles. The third kappa shape index (κ3) is 3.09. The fraction of sp³-hybridized carbons (Fsp3) is 0. The Bertz CT molecular complexity index is 745. The predicted octanol–water partition coefficient (Wildman–Crippen LogP) is 2.56. The van der Waals surface area contributed by atoms with E-state index < -0.39 is 15.8 Å². The van der Waals surface area contributed by atoms with Gasteiger partial charge in [0.2, 0.25) is 10.0 Å². The number of sulfonamides is 1. The highest BCUT2D eigenvalue weighted by molar-refractivity contribution is 9.10. The molecule has 0 aliphatic rings. The topological polar surface area (TPSA) is 98.2 Å². The molecule has 0 aliphatic carbocycles. The summed E-state index contributed by atoms with van der Waals surface area (Å²) in [6.07, 6.45) is 0. The van der Waals surface area contributed by atoms with E-state index in [1.807, 2.05) is 0 Å². The van der Waals surface area contributed by atoms with Gasteiger partial charge in [-0.25, -0.2) is 17.9 Å². The van der Waals surface area contributed by atoms with E-state index in [9.17, 15) is 12.8 Å². The molecule has 2 aromatic rings. The highest BCUT2D eigenvalue weighted by Gasteiger charge is 2.12. The summed E-state index contributed by atoms with van der Waals surface area (Å²) in [5.41, 5.74) is 6.48. The van der Waals surface area contributed by atoms with Gasteiger partial charge in [-0.1, -0.05) is 6.07 Å². The van der Waals surface area contributed by atoms with Crippen molar-refractivity contribution in [3.8, 4) is 0 Å². The van der Waals surface area contributed by atoms with E-state index in [4.69, 9.17) is 10.9 Å². The number of nitrogen functional groups attached to an aromatic ring is 1. The predicted molar refractivity (Wildman–Crippen MR) is 79.6 cm³/mol. The van der Waals surface area contributed by atoms with Gasteiger partial charge in [0.1, 0.15) is 5.82 Å². The zero-order valence-corrected chi connectivity index (χ0v) is 12.5. The summed E-state index contributed by atoms with van der Waals surface area (Å²) in [6.45, 7) is 0. The van der Waals surface area contributed by atoms with Crippen LogP contribution in [0.1, 0.15) is 0 Å². The van der Waals surface area contributed by atoms with Crippen molar-refractivity contribution in [2.24, 2.45) is 5.14 Å². The summed E-state index contributed by atoms with van der Waals surface area (Å²) < 4.78 is 36.6. The number of nitrogens with two attached hydrogens (primary N) is 2. The number of hydrogen-bond acceptors (Lipinski definition) is 4. The second-order valence-electron chi connectivity index (χ2n) is 4.02. The first-order valence-electron chi connectivity index (χ1n) is 5.42. The Labute approximate surface area is 124 Å². The van der Waals surface area contributed by atoms with Crippen molar-refractivity contribution in [1.29, 1.82) is 0 Å². The van der Waals surface area contributed by atoms with Crippen molar-refractivity contribution in [1.82, 2.24) is 0 Å². The van der Waals surface area contributed by atoms with Gasteiger partial charge in [0.25, 0.3) is 0 Å². The van der Waals surface area contributed by atoms with Crippen molar-refractivity contribution >= 4 is 43.0 Å². The number of halogens is 2. The molecule has 0 saturated heterocycles. The number of anilines is 3. The zero-order chi connectivity index (χ0) is 14.9. The summed E-state index contributed by atoms with van der Waals surface area (Å²) in [4.78, 5) is -0.104. The highest BCUT2D eigenvalue weighted by atomic mass is 79.9. The monoisotopic (exact) mass is 359 g/mol. The molecule has 0 atom stereocenters. The Kier molecular flexibility index (Phi) is 3.98. The first-order valence-corrected chi connectivity index (χ1v) is 7.76. The second kappa shape index (κ2) is 5.39. The average Bonchev–Trinajstić information content (AvgIpc) is 2.34. The molecular weight excluding hydrogens is 349 g/mol. The van der Waals surface area contributed by atoms with Gasteiger partial charge in [-0.2, -0.15) is 0 Å². The van der Waals surface area contributed by atoms with Crippen molar-refractivity contribution in [3.05, 3.63) is 46.7 Å². The molecule has 8 heteroatoms. The maximum Gasteiger partial charge on any atom is 0.238 e. The SMILES string of the molecule is Nc1cc(S(N)(=O)=O)ccc1Nc1c(F)cccc1Br. The van der Waals surface area contributed by atoms with E-state index in [1.165, 1.54) is 24.3 Å². The maximum atomic E-state index is 13.7. The minimum atomic E-state index is -3.82. The van der Waals surface area contributed by atoms with E-state index in [2.05, 4.69) is 21.2 Å². The molecule has 0 aromatic heterocycles. The number of primary sulfonamides is 1. The average molecular weight is 360 g/mol.